The molecule has 1 atom stereocenters. The summed E-state index contributed by atoms with van der Waals surface area (Å²) in [6.07, 6.45) is 3.57. The van der Waals surface area contributed by atoms with Crippen molar-refractivity contribution >= 4 is 17.0 Å². The van der Waals surface area contributed by atoms with E-state index in [1.165, 1.54) is 0 Å². The van der Waals surface area contributed by atoms with Gasteiger partial charge in [-0.25, -0.2) is 4.99 Å². The molecule has 1 aromatic heterocycles. The average Bonchev–Trinajstić information content (AvgIpc) is 2.95. The highest BCUT2D eigenvalue weighted by molar-refractivity contribution is 8.13. The Kier molecular flexibility index (Phi) is 5.47. The van der Waals surface area contributed by atoms with Gasteiger partial charge in [0.15, 0.2) is 0 Å². The first kappa shape index (κ1) is 16.1. The summed E-state index contributed by atoms with van der Waals surface area (Å²) in [6, 6.07) is 1.82. The first-order valence-corrected chi connectivity index (χ1v) is 8.07. The predicted molar refractivity (Wildman–Crippen MR) is 87.1 cm³/mol. The molecule has 6 heteroatoms. The third-order valence-electron chi connectivity index (χ3n) is 3.02. The van der Waals surface area contributed by atoms with E-state index < -0.39 is 0 Å². The molecule has 0 aromatic carbocycles. The molecule has 0 radical (unpaired) electrons. The predicted octanol–water partition coefficient (Wildman–Crippen LogP) is 2.20. The number of ether oxygens (including phenoxy) is 2. The molecule has 2 N–H and O–H groups in total. The van der Waals surface area contributed by atoms with Gasteiger partial charge in [0, 0.05) is 11.9 Å². The van der Waals surface area contributed by atoms with Crippen LogP contribution in [0, 0.1) is 0 Å². The Balaban J connectivity index is 1.79. The van der Waals surface area contributed by atoms with Crippen LogP contribution in [0.2, 0.25) is 0 Å². The minimum absolute atomic E-state index is 0.0510. The highest BCUT2D eigenvalue weighted by Crippen LogP contribution is 2.24. The zero-order valence-electron chi connectivity index (χ0n) is 12.8. The Bertz CT molecular complexity index is 500. The van der Waals surface area contributed by atoms with E-state index in [1.807, 2.05) is 12.3 Å². The van der Waals surface area contributed by atoms with Gasteiger partial charge in [-0.05, 0) is 17.0 Å². The van der Waals surface area contributed by atoms with E-state index in [9.17, 15) is 0 Å². The largest absolute Gasteiger partial charge is 0.490 e. The van der Waals surface area contributed by atoms with E-state index in [2.05, 4.69) is 30.7 Å². The van der Waals surface area contributed by atoms with Crippen molar-refractivity contribution in [1.29, 1.82) is 0 Å². The van der Waals surface area contributed by atoms with Crippen LogP contribution in [0.3, 0.4) is 0 Å². The fourth-order valence-electron chi connectivity index (χ4n) is 1.74. The summed E-state index contributed by atoms with van der Waals surface area (Å²) in [7, 11) is 0. The lowest BCUT2D eigenvalue weighted by Crippen LogP contribution is -2.33. The summed E-state index contributed by atoms with van der Waals surface area (Å²) < 4.78 is 11.2. The van der Waals surface area contributed by atoms with Crippen molar-refractivity contribution in [3.63, 3.8) is 0 Å². The van der Waals surface area contributed by atoms with Crippen molar-refractivity contribution in [3.05, 3.63) is 24.0 Å². The van der Waals surface area contributed by atoms with Crippen molar-refractivity contribution in [2.75, 3.05) is 25.5 Å². The molecule has 0 bridgehead atoms. The molecule has 5 nitrogen and oxygen atoms in total. The molecular weight excluding hydrogens is 286 g/mol. The maximum Gasteiger partial charge on any atom is 0.245 e. The van der Waals surface area contributed by atoms with Gasteiger partial charge < -0.3 is 15.2 Å². The summed E-state index contributed by atoms with van der Waals surface area (Å²) in [5, 5.41) is 0.738. The maximum atomic E-state index is 5.99. The SMILES string of the molecule is CC(C)(C)c1cncc(OC[C@@H](N)COC2=NCCS2)c1. The number of aromatic nitrogens is 1. The lowest BCUT2D eigenvalue weighted by atomic mass is 9.88. The second-order valence-electron chi connectivity index (χ2n) is 6.04. The highest BCUT2D eigenvalue weighted by Gasteiger charge is 2.15. The molecule has 0 saturated heterocycles. The van der Waals surface area contributed by atoms with Crippen molar-refractivity contribution < 1.29 is 9.47 Å². The number of hydrogen-bond acceptors (Lipinski definition) is 6. The van der Waals surface area contributed by atoms with Crippen LogP contribution in [-0.2, 0) is 10.2 Å². The monoisotopic (exact) mass is 309 g/mol. The smallest absolute Gasteiger partial charge is 0.245 e. The molecule has 0 saturated carbocycles. The van der Waals surface area contributed by atoms with Crippen molar-refractivity contribution in [2.45, 2.75) is 32.2 Å². The average molecular weight is 309 g/mol. The van der Waals surface area contributed by atoms with Gasteiger partial charge in [-0.2, -0.15) is 0 Å². The first-order valence-electron chi connectivity index (χ1n) is 7.09. The molecule has 116 valence electrons. The molecule has 1 aliphatic rings. The van der Waals surface area contributed by atoms with Crippen LogP contribution in [0.5, 0.6) is 5.75 Å². The van der Waals surface area contributed by atoms with Crippen LogP contribution in [0.4, 0.5) is 0 Å². The van der Waals surface area contributed by atoms with E-state index >= 15 is 0 Å². The van der Waals surface area contributed by atoms with Gasteiger partial charge in [0.1, 0.15) is 19.0 Å². The highest BCUT2D eigenvalue weighted by atomic mass is 32.2. The summed E-state index contributed by atoms with van der Waals surface area (Å²) in [5.41, 5.74) is 7.18. The fourth-order valence-corrected chi connectivity index (χ4v) is 2.43. The lowest BCUT2D eigenvalue weighted by Gasteiger charge is -2.19. The van der Waals surface area contributed by atoms with E-state index in [-0.39, 0.29) is 11.5 Å². The summed E-state index contributed by atoms with van der Waals surface area (Å²) >= 11 is 1.62. The molecule has 0 spiro atoms. The number of thioether (sulfide) groups is 1. The van der Waals surface area contributed by atoms with E-state index in [0.717, 1.165) is 28.8 Å². The van der Waals surface area contributed by atoms with Gasteiger partial charge in [-0.1, -0.05) is 32.5 Å². The van der Waals surface area contributed by atoms with Crippen molar-refractivity contribution in [2.24, 2.45) is 10.7 Å². The minimum Gasteiger partial charge on any atom is -0.490 e. The quantitative estimate of drug-likeness (QED) is 0.903. The fraction of sp³-hybridized carbons (Fsp3) is 0.600. The molecule has 21 heavy (non-hydrogen) atoms. The number of rotatable bonds is 5. The molecule has 0 aliphatic carbocycles. The second-order valence-corrected chi connectivity index (χ2v) is 7.08. The lowest BCUT2D eigenvalue weighted by molar-refractivity contribution is 0.217. The third-order valence-corrected chi connectivity index (χ3v) is 3.90. The molecule has 1 aliphatic heterocycles. The van der Waals surface area contributed by atoms with Gasteiger partial charge in [0.05, 0.1) is 18.8 Å². The van der Waals surface area contributed by atoms with E-state index in [1.54, 1.807) is 18.0 Å². The minimum atomic E-state index is -0.188. The number of hydrogen-bond donors (Lipinski definition) is 1. The van der Waals surface area contributed by atoms with E-state index in [4.69, 9.17) is 15.2 Å². The first-order chi connectivity index (χ1) is 9.95. The Morgan fingerprint density at radius 1 is 1.29 bits per heavy atom. The van der Waals surface area contributed by atoms with Crippen molar-refractivity contribution in [3.8, 4) is 5.75 Å². The molecule has 2 rings (SSSR count). The zero-order chi connectivity index (χ0) is 15.3. The summed E-state index contributed by atoms with van der Waals surface area (Å²) in [6.45, 7) is 8.08. The standard InChI is InChI=1S/C15H23N3O2S/c1-15(2,3)11-6-13(8-17-7-11)19-9-12(16)10-20-14-18-4-5-21-14/h6-8,12H,4-5,9-10,16H2,1-3H3/t12-/m1/s1. The Labute approximate surface area is 130 Å². The Morgan fingerprint density at radius 2 is 2.05 bits per heavy atom. The molecule has 0 unspecified atom stereocenters. The van der Waals surface area contributed by atoms with Gasteiger partial charge in [-0.3, -0.25) is 4.98 Å². The van der Waals surface area contributed by atoms with Crippen LogP contribution < -0.4 is 10.5 Å². The zero-order valence-corrected chi connectivity index (χ0v) is 13.7. The normalized spacial score (nSPS) is 16.5. The summed E-state index contributed by atoms with van der Waals surface area (Å²) in [4.78, 5) is 8.43. The van der Waals surface area contributed by atoms with Crippen LogP contribution in [0.25, 0.3) is 0 Å². The van der Waals surface area contributed by atoms with E-state index in [0.29, 0.717) is 13.2 Å². The number of pyridine rings is 1. The van der Waals surface area contributed by atoms with Crippen LogP contribution in [-0.4, -0.2) is 41.8 Å². The Morgan fingerprint density at radius 3 is 2.71 bits per heavy atom. The second kappa shape index (κ2) is 7.13. The molecule has 0 fully saturated rings. The number of aliphatic imine (C=N–C) groups is 1. The number of nitrogens with zero attached hydrogens (tertiary/aromatic N) is 2. The number of nitrogens with two attached hydrogens (primary N) is 1. The molecule has 2 heterocycles. The van der Waals surface area contributed by atoms with Crippen LogP contribution >= 0.6 is 11.8 Å². The summed E-state index contributed by atoms with van der Waals surface area (Å²) in [5.74, 6) is 1.73. The topological polar surface area (TPSA) is 69.7 Å². The third kappa shape index (κ3) is 5.21. The molecule has 1 aromatic rings. The Hall–Kier alpha value is -1.27. The van der Waals surface area contributed by atoms with Gasteiger partial charge in [0.25, 0.3) is 0 Å². The van der Waals surface area contributed by atoms with Gasteiger partial charge in [0.2, 0.25) is 5.23 Å². The van der Waals surface area contributed by atoms with Crippen LogP contribution in [0.15, 0.2) is 23.5 Å². The van der Waals surface area contributed by atoms with Crippen molar-refractivity contribution in [1.82, 2.24) is 4.98 Å². The maximum absolute atomic E-state index is 5.99. The van der Waals surface area contributed by atoms with Crippen LogP contribution in [0.1, 0.15) is 26.3 Å². The van der Waals surface area contributed by atoms with Gasteiger partial charge in [-0.15, -0.1) is 0 Å². The molecular formula is C15H23N3O2S. The molecule has 0 amide bonds. The van der Waals surface area contributed by atoms with Gasteiger partial charge >= 0.3 is 0 Å².